The lowest BCUT2D eigenvalue weighted by Gasteiger charge is -2.09. The summed E-state index contributed by atoms with van der Waals surface area (Å²) in [4.78, 5) is 15.3. The topological polar surface area (TPSA) is 42.0 Å². The Morgan fingerprint density at radius 3 is 2.71 bits per heavy atom. The van der Waals surface area contributed by atoms with Crippen LogP contribution in [0.5, 0.6) is 0 Å². The molecule has 1 aromatic heterocycles. The van der Waals surface area contributed by atoms with Gasteiger partial charge in [0.2, 0.25) is 5.91 Å². The van der Waals surface area contributed by atoms with Crippen LogP contribution >= 0.6 is 0 Å². The quantitative estimate of drug-likeness (QED) is 0.789. The lowest BCUT2D eigenvalue weighted by Crippen LogP contribution is -2.28. The van der Waals surface area contributed by atoms with Gasteiger partial charge in [-0.05, 0) is 24.1 Å². The van der Waals surface area contributed by atoms with Crippen LogP contribution in [0.3, 0.4) is 0 Å². The van der Waals surface area contributed by atoms with E-state index in [1.165, 1.54) is 0 Å². The SMILES string of the molecule is CCC(C)C(=O)NCc1ccncc1. The Morgan fingerprint density at radius 2 is 2.14 bits per heavy atom. The molecule has 1 N–H and O–H groups in total. The molecule has 0 fully saturated rings. The van der Waals surface area contributed by atoms with E-state index in [9.17, 15) is 4.79 Å². The molecule has 0 aliphatic heterocycles. The van der Waals surface area contributed by atoms with E-state index in [1.807, 2.05) is 26.0 Å². The molecule has 0 radical (unpaired) electrons. The van der Waals surface area contributed by atoms with E-state index in [0.29, 0.717) is 6.54 Å². The summed E-state index contributed by atoms with van der Waals surface area (Å²) in [6.07, 6.45) is 4.33. The third-order valence-electron chi connectivity index (χ3n) is 2.28. The molecule has 0 saturated heterocycles. The Kier molecular flexibility index (Phi) is 4.11. The summed E-state index contributed by atoms with van der Waals surface area (Å²) in [7, 11) is 0. The van der Waals surface area contributed by atoms with Crippen molar-refractivity contribution in [2.75, 3.05) is 0 Å². The monoisotopic (exact) mass is 192 g/mol. The van der Waals surface area contributed by atoms with Gasteiger partial charge in [-0.3, -0.25) is 9.78 Å². The van der Waals surface area contributed by atoms with Crippen LogP contribution < -0.4 is 5.32 Å². The van der Waals surface area contributed by atoms with Crippen molar-refractivity contribution in [2.24, 2.45) is 5.92 Å². The number of rotatable bonds is 4. The molecular formula is C11H16N2O. The van der Waals surface area contributed by atoms with Crippen molar-refractivity contribution in [2.45, 2.75) is 26.8 Å². The van der Waals surface area contributed by atoms with E-state index in [2.05, 4.69) is 10.3 Å². The van der Waals surface area contributed by atoms with Crippen molar-refractivity contribution >= 4 is 5.91 Å². The Hall–Kier alpha value is -1.38. The predicted molar refractivity (Wildman–Crippen MR) is 55.5 cm³/mol. The van der Waals surface area contributed by atoms with Crippen LogP contribution in [0.4, 0.5) is 0 Å². The smallest absolute Gasteiger partial charge is 0.223 e. The Labute approximate surface area is 84.6 Å². The molecule has 0 aliphatic rings. The molecule has 1 rings (SSSR count). The Bertz CT molecular complexity index is 285. The minimum atomic E-state index is 0.0943. The summed E-state index contributed by atoms with van der Waals surface area (Å²) in [5.74, 6) is 0.209. The molecule has 1 amide bonds. The molecule has 3 heteroatoms. The maximum absolute atomic E-state index is 11.4. The fourth-order valence-corrected chi connectivity index (χ4v) is 1.05. The molecule has 0 bridgehead atoms. The number of nitrogens with one attached hydrogen (secondary N) is 1. The molecular weight excluding hydrogens is 176 g/mol. The zero-order chi connectivity index (χ0) is 10.4. The standard InChI is InChI=1S/C11H16N2O/c1-3-9(2)11(14)13-8-10-4-6-12-7-5-10/h4-7,9H,3,8H2,1-2H3,(H,13,14). The minimum Gasteiger partial charge on any atom is -0.352 e. The largest absolute Gasteiger partial charge is 0.352 e. The first kappa shape index (κ1) is 10.7. The second kappa shape index (κ2) is 5.37. The van der Waals surface area contributed by atoms with Crippen molar-refractivity contribution in [3.63, 3.8) is 0 Å². The number of carbonyl (C=O) groups is 1. The average molecular weight is 192 g/mol. The first-order chi connectivity index (χ1) is 6.74. The molecule has 1 atom stereocenters. The van der Waals surface area contributed by atoms with Crippen molar-refractivity contribution in [3.05, 3.63) is 30.1 Å². The fraction of sp³-hybridized carbons (Fsp3) is 0.455. The van der Waals surface area contributed by atoms with Crippen LogP contribution in [0.1, 0.15) is 25.8 Å². The number of hydrogen-bond donors (Lipinski definition) is 1. The molecule has 1 aromatic rings. The van der Waals surface area contributed by atoms with Crippen LogP contribution in [0, 0.1) is 5.92 Å². The van der Waals surface area contributed by atoms with Crippen molar-refractivity contribution in [3.8, 4) is 0 Å². The summed E-state index contributed by atoms with van der Waals surface area (Å²) < 4.78 is 0. The molecule has 1 heterocycles. The Morgan fingerprint density at radius 1 is 1.50 bits per heavy atom. The van der Waals surface area contributed by atoms with Gasteiger partial charge in [-0.1, -0.05) is 13.8 Å². The number of nitrogens with zero attached hydrogens (tertiary/aromatic N) is 1. The second-order valence-corrected chi connectivity index (χ2v) is 3.38. The number of amides is 1. The third-order valence-corrected chi connectivity index (χ3v) is 2.28. The van der Waals surface area contributed by atoms with Crippen molar-refractivity contribution in [1.82, 2.24) is 10.3 Å². The Balaban J connectivity index is 2.38. The molecule has 0 spiro atoms. The summed E-state index contributed by atoms with van der Waals surface area (Å²) in [5.41, 5.74) is 1.08. The van der Waals surface area contributed by atoms with Gasteiger partial charge in [-0.25, -0.2) is 0 Å². The molecule has 0 aromatic carbocycles. The van der Waals surface area contributed by atoms with Crippen LogP contribution in [0.15, 0.2) is 24.5 Å². The molecule has 3 nitrogen and oxygen atoms in total. The minimum absolute atomic E-state index is 0.0943. The van der Waals surface area contributed by atoms with E-state index in [0.717, 1.165) is 12.0 Å². The van der Waals surface area contributed by atoms with E-state index in [-0.39, 0.29) is 11.8 Å². The maximum atomic E-state index is 11.4. The highest BCUT2D eigenvalue weighted by atomic mass is 16.1. The van der Waals surface area contributed by atoms with Crippen LogP contribution in [-0.2, 0) is 11.3 Å². The number of carbonyl (C=O) groups excluding carboxylic acids is 1. The van der Waals surface area contributed by atoms with Crippen LogP contribution in [0.2, 0.25) is 0 Å². The van der Waals surface area contributed by atoms with Crippen LogP contribution in [0.25, 0.3) is 0 Å². The molecule has 14 heavy (non-hydrogen) atoms. The van der Waals surface area contributed by atoms with Gasteiger partial charge in [-0.2, -0.15) is 0 Å². The van der Waals surface area contributed by atoms with Gasteiger partial charge in [0.15, 0.2) is 0 Å². The third kappa shape index (κ3) is 3.17. The van der Waals surface area contributed by atoms with Gasteiger partial charge in [0.25, 0.3) is 0 Å². The highest BCUT2D eigenvalue weighted by Gasteiger charge is 2.08. The molecule has 0 aliphatic carbocycles. The highest BCUT2D eigenvalue weighted by Crippen LogP contribution is 2.01. The second-order valence-electron chi connectivity index (χ2n) is 3.38. The van der Waals surface area contributed by atoms with E-state index < -0.39 is 0 Å². The molecule has 0 saturated carbocycles. The van der Waals surface area contributed by atoms with Crippen molar-refractivity contribution in [1.29, 1.82) is 0 Å². The predicted octanol–water partition coefficient (Wildman–Crippen LogP) is 1.74. The summed E-state index contributed by atoms with van der Waals surface area (Å²) in [6, 6.07) is 3.80. The molecule has 1 unspecified atom stereocenters. The van der Waals surface area contributed by atoms with Gasteiger partial charge in [0.1, 0.15) is 0 Å². The highest BCUT2D eigenvalue weighted by molar-refractivity contribution is 5.78. The van der Waals surface area contributed by atoms with E-state index in [4.69, 9.17) is 0 Å². The zero-order valence-electron chi connectivity index (χ0n) is 8.66. The maximum Gasteiger partial charge on any atom is 0.223 e. The first-order valence-corrected chi connectivity index (χ1v) is 4.90. The summed E-state index contributed by atoms with van der Waals surface area (Å²) >= 11 is 0. The lowest BCUT2D eigenvalue weighted by molar-refractivity contribution is -0.124. The van der Waals surface area contributed by atoms with Gasteiger partial charge >= 0.3 is 0 Å². The number of pyridine rings is 1. The van der Waals surface area contributed by atoms with Gasteiger partial charge in [-0.15, -0.1) is 0 Å². The summed E-state index contributed by atoms with van der Waals surface area (Å²) in [6.45, 7) is 4.53. The van der Waals surface area contributed by atoms with Gasteiger partial charge < -0.3 is 5.32 Å². The van der Waals surface area contributed by atoms with E-state index >= 15 is 0 Å². The zero-order valence-corrected chi connectivity index (χ0v) is 8.66. The number of aromatic nitrogens is 1. The van der Waals surface area contributed by atoms with Gasteiger partial charge in [0, 0.05) is 24.9 Å². The van der Waals surface area contributed by atoms with Crippen molar-refractivity contribution < 1.29 is 4.79 Å². The lowest BCUT2D eigenvalue weighted by atomic mass is 10.1. The van der Waals surface area contributed by atoms with Crippen LogP contribution in [-0.4, -0.2) is 10.9 Å². The summed E-state index contributed by atoms with van der Waals surface area (Å²) in [5, 5.41) is 2.88. The normalized spacial score (nSPS) is 12.1. The first-order valence-electron chi connectivity index (χ1n) is 4.90. The average Bonchev–Trinajstić information content (AvgIpc) is 2.26. The number of hydrogen-bond acceptors (Lipinski definition) is 2. The molecule has 76 valence electrons. The fourth-order valence-electron chi connectivity index (χ4n) is 1.05. The van der Waals surface area contributed by atoms with Gasteiger partial charge in [0.05, 0.1) is 0 Å². The van der Waals surface area contributed by atoms with E-state index in [1.54, 1.807) is 12.4 Å².